The molecule has 0 unspecified atom stereocenters. The molecule has 1 aromatic carbocycles. The van der Waals surface area contributed by atoms with Crippen molar-refractivity contribution in [3.63, 3.8) is 0 Å². The molecule has 1 saturated carbocycles. The van der Waals surface area contributed by atoms with Crippen molar-refractivity contribution < 1.29 is 18.8 Å². The summed E-state index contributed by atoms with van der Waals surface area (Å²) in [6.07, 6.45) is 2.22. The van der Waals surface area contributed by atoms with Crippen molar-refractivity contribution in [3.8, 4) is 11.5 Å². The molecule has 1 heterocycles. The highest BCUT2D eigenvalue weighted by Gasteiger charge is 2.28. The number of benzene rings is 1. The molecule has 122 valence electrons. The second-order valence-corrected chi connectivity index (χ2v) is 6.01. The summed E-state index contributed by atoms with van der Waals surface area (Å²) in [5.41, 5.74) is 0.503. The van der Waals surface area contributed by atoms with Crippen LogP contribution >= 0.6 is 15.9 Å². The summed E-state index contributed by atoms with van der Waals surface area (Å²) in [6, 6.07) is 4.70. The van der Waals surface area contributed by atoms with Gasteiger partial charge in [0.2, 0.25) is 0 Å². The number of rotatable bonds is 5. The van der Waals surface area contributed by atoms with Gasteiger partial charge in [0.15, 0.2) is 5.82 Å². The average Bonchev–Trinajstić information content (AvgIpc) is 3.28. The van der Waals surface area contributed by atoms with Gasteiger partial charge in [0.1, 0.15) is 17.3 Å². The molecule has 0 saturated heterocycles. The molecule has 8 heteroatoms. The van der Waals surface area contributed by atoms with E-state index < -0.39 is 6.03 Å². The van der Waals surface area contributed by atoms with Gasteiger partial charge in [0.05, 0.1) is 24.4 Å². The highest BCUT2D eigenvalue weighted by Crippen LogP contribution is 2.40. The number of carbonyl (C=O) groups excluding carboxylic acids is 1. The van der Waals surface area contributed by atoms with Crippen molar-refractivity contribution >= 4 is 33.5 Å². The monoisotopic (exact) mass is 381 g/mol. The summed E-state index contributed by atoms with van der Waals surface area (Å²) < 4.78 is 16.4. The lowest BCUT2D eigenvalue weighted by Gasteiger charge is -2.13. The van der Waals surface area contributed by atoms with Gasteiger partial charge in [-0.1, -0.05) is 5.16 Å². The SMILES string of the molecule is COc1cc(OC)c(NC(=O)Nc2cc(C3CC3)on2)cc1Br. The number of aromatic nitrogens is 1. The third-order valence-electron chi connectivity index (χ3n) is 3.47. The quantitative estimate of drug-likeness (QED) is 0.817. The number of nitrogens with one attached hydrogen (secondary N) is 2. The average molecular weight is 382 g/mol. The van der Waals surface area contributed by atoms with Crippen LogP contribution in [0.4, 0.5) is 16.3 Å². The number of nitrogens with zero attached hydrogens (tertiary/aromatic N) is 1. The number of methoxy groups -OCH3 is 2. The summed E-state index contributed by atoms with van der Waals surface area (Å²) in [7, 11) is 3.08. The van der Waals surface area contributed by atoms with E-state index in [1.54, 1.807) is 25.3 Å². The topological polar surface area (TPSA) is 85.6 Å². The molecule has 7 nitrogen and oxygen atoms in total. The van der Waals surface area contributed by atoms with Crippen LogP contribution < -0.4 is 20.1 Å². The van der Waals surface area contributed by atoms with Gasteiger partial charge in [-0.2, -0.15) is 0 Å². The second-order valence-electron chi connectivity index (χ2n) is 5.15. The Hall–Kier alpha value is -2.22. The number of amides is 2. The van der Waals surface area contributed by atoms with Crippen LogP contribution in [0.15, 0.2) is 27.2 Å². The van der Waals surface area contributed by atoms with Crippen molar-refractivity contribution in [1.29, 1.82) is 0 Å². The smallest absolute Gasteiger partial charge is 0.325 e. The summed E-state index contributed by atoms with van der Waals surface area (Å²) in [6.45, 7) is 0. The number of carbonyl (C=O) groups is 1. The molecule has 0 atom stereocenters. The van der Waals surface area contributed by atoms with E-state index in [0.717, 1.165) is 18.6 Å². The van der Waals surface area contributed by atoms with Crippen LogP contribution in [0.25, 0.3) is 0 Å². The van der Waals surface area contributed by atoms with Crippen molar-refractivity contribution in [2.24, 2.45) is 0 Å². The van der Waals surface area contributed by atoms with E-state index in [-0.39, 0.29) is 0 Å². The molecule has 1 aliphatic carbocycles. The van der Waals surface area contributed by atoms with E-state index in [4.69, 9.17) is 14.0 Å². The molecule has 0 aliphatic heterocycles. The Kier molecular flexibility index (Phi) is 4.42. The van der Waals surface area contributed by atoms with Crippen molar-refractivity contribution in [2.75, 3.05) is 24.9 Å². The second kappa shape index (κ2) is 6.49. The first-order chi connectivity index (χ1) is 11.1. The number of hydrogen-bond donors (Lipinski definition) is 2. The van der Waals surface area contributed by atoms with Crippen molar-refractivity contribution in [1.82, 2.24) is 5.16 Å². The highest BCUT2D eigenvalue weighted by atomic mass is 79.9. The lowest BCUT2D eigenvalue weighted by Crippen LogP contribution is -2.20. The number of ether oxygens (including phenoxy) is 2. The molecule has 2 N–H and O–H groups in total. The van der Waals surface area contributed by atoms with Crippen LogP contribution in [-0.4, -0.2) is 25.4 Å². The summed E-state index contributed by atoms with van der Waals surface area (Å²) in [5, 5.41) is 9.19. The maximum absolute atomic E-state index is 12.1. The molecule has 1 fully saturated rings. The molecular formula is C15H16BrN3O4. The molecular weight excluding hydrogens is 366 g/mol. The van der Waals surface area contributed by atoms with E-state index in [9.17, 15) is 4.79 Å². The van der Waals surface area contributed by atoms with E-state index >= 15 is 0 Å². The number of hydrogen-bond acceptors (Lipinski definition) is 5. The largest absolute Gasteiger partial charge is 0.495 e. The zero-order chi connectivity index (χ0) is 16.4. The van der Waals surface area contributed by atoms with Crippen LogP contribution in [0.3, 0.4) is 0 Å². The fraction of sp³-hybridized carbons (Fsp3) is 0.333. The van der Waals surface area contributed by atoms with E-state index in [2.05, 4.69) is 31.7 Å². The number of anilines is 2. The normalized spacial score (nSPS) is 13.5. The Bertz CT molecular complexity index is 728. The lowest BCUT2D eigenvalue weighted by atomic mass is 10.2. The Labute approximate surface area is 141 Å². The Morgan fingerprint density at radius 2 is 1.96 bits per heavy atom. The Balaban J connectivity index is 1.70. The maximum Gasteiger partial charge on any atom is 0.325 e. The maximum atomic E-state index is 12.1. The van der Waals surface area contributed by atoms with Crippen LogP contribution in [-0.2, 0) is 0 Å². The van der Waals surface area contributed by atoms with Gasteiger partial charge < -0.3 is 19.3 Å². The van der Waals surface area contributed by atoms with Gasteiger partial charge in [-0.15, -0.1) is 0 Å². The minimum atomic E-state index is -0.434. The molecule has 1 aromatic heterocycles. The lowest BCUT2D eigenvalue weighted by molar-refractivity contribution is 0.261. The van der Waals surface area contributed by atoms with Gasteiger partial charge in [-0.05, 0) is 34.8 Å². The van der Waals surface area contributed by atoms with Gasteiger partial charge in [-0.3, -0.25) is 5.32 Å². The number of urea groups is 1. The fourth-order valence-corrected chi connectivity index (χ4v) is 2.64. The third kappa shape index (κ3) is 3.58. The number of halogens is 1. The third-order valence-corrected chi connectivity index (χ3v) is 4.09. The molecule has 0 spiro atoms. The van der Waals surface area contributed by atoms with E-state index in [1.165, 1.54) is 7.11 Å². The van der Waals surface area contributed by atoms with Crippen molar-refractivity contribution in [3.05, 3.63) is 28.4 Å². The summed E-state index contributed by atoms with van der Waals surface area (Å²) in [4.78, 5) is 12.1. The molecule has 1 aliphatic rings. The van der Waals surface area contributed by atoms with Gasteiger partial charge in [-0.25, -0.2) is 4.79 Å². The first kappa shape index (κ1) is 15.7. The van der Waals surface area contributed by atoms with E-state index in [1.807, 2.05) is 0 Å². The minimum absolute atomic E-state index is 0.385. The minimum Gasteiger partial charge on any atom is -0.495 e. The predicted molar refractivity (Wildman–Crippen MR) is 88.4 cm³/mol. The first-order valence-corrected chi connectivity index (χ1v) is 7.86. The predicted octanol–water partition coefficient (Wildman–Crippen LogP) is 3.98. The van der Waals surface area contributed by atoms with Gasteiger partial charge in [0, 0.05) is 18.1 Å². The molecule has 0 radical (unpaired) electrons. The molecule has 0 bridgehead atoms. The highest BCUT2D eigenvalue weighted by molar-refractivity contribution is 9.10. The fourth-order valence-electron chi connectivity index (χ4n) is 2.14. The Morgan fingerprint density at radius 1 is 1.22 bits per heavy atom. The van der Waals surface area contributed by atoms with Crippen LogP contribution in [0.1, 0.15) is 24.5 Å². The molecule has 23 heavy (non-hydrogen) atoms. The summed E-state index contributed by atoms with van der Waals surface area (Å²) >= 11 is 3.37. The Morgan fingerprint density at radius 3 is 2.61 bits per heavy atom. The summed E-state index contributed by atoms with van der Waals surface area (Å²) in [5.74, 6) is 2.73. The molecule has 2 amide bonds. The zero-order valence-corrected chi connectivity index (χ0v) is 14.3. The molecule has 3 rings (SSSR count). The van der Waals surface area contributed by atoms with Gasteiger partial charge >= 0.3 is 6.03 Å². The standard InChI is InChI=1S/C15H16BrN3O4/c1-21-12-6-13(22-2)10(5-9(12)16)17-15(20)18-14-7-11(23-19-14)8-3-4-8/h5-8H,3-4H2,1-2H3,(H2,17,18,19,20). The van der Waals surface area contributed by atoms with Crippen LogP contribution in [0.2, 0.25) is 0 Å². The zero-order valence-electron chi connectivity index (χ0n) is 12.7. The van der Waals surface area contributed by atoms with Crippen LogP contribution in [0, 0.1) is 0 Å². The van der Waals surface area contributed by atoms with Gasteiger partial charge in [0.25, 0.3) is 0 Å². The van der Waals surface area contributed by atoms with Crippen LogP contribution in [0.5, 0.6) is 11.5 Å². The molecule has 2 aromatic rings. The van der Waals surface area contributed by atoms with E-state index in [0.29, 0.717) is 33.4 Å². The van der Waals surface area contributed by atoms with Crippen molar-refractivity contribution in [2.45, 2.75) is 18.8 Å². The first-order valence-electron chi connectivity index (χ1n) is 7.07.